The lowest BCUT2D eigenvalue weighted by Crippen LogP contribution is -1.92. The van der Waals surface area contributed by atoms with Crippen LogP contribution in [0.3, 0.4) is 0 Å². The van der Waals surface area contributed by atoms with Crippen molar-refractivity contribution in [3.8, 4) is 0 Å². The summed E-state index contributed by atoms with van der Waals surface area (Å²) in [6.45, 7) is 0. The van der Waals surface area contributed by atoms with Gasteiger partial charge in [0, 0.05) is 12.2 Å². The number of ether oxygens (including phenoxy) is 2. The molecule has 0 spiro atoms. The van der Waals surface area contributed by atoms with E-state index in [1.165, 1.54) is 48.0 Å². The van der Waals surface area contributed by atoms with E-state index in [-0.39, 0.29) is 0 Å². The van der Waals surface area contributed by atoms with Crippen LogP contribution in [0.5, 0.6) is 0 Å². The van der Waals surface area contributed by atoms with Crippen LogP contribution in [0, 0.1) is 0 Å². The second-order valence-electron chi connectivity index (χ2n) is 1.84. The fourth-order valence-corrected chi connectivity index (χ4v) is 1.55. The molecule has 0 bridgehead atoms. The van der Waals surface area contributed by atoms with Gasteiger partial charge in [-0.3, -0.25) is 0 Å². The van der Waals surface area contributed by atoms with Crippen molar-refractivity contribution in [2.24, 2.45) is 0 Å². The summed E-state index contributed by atoms with van der Waals surface area (Å²) in [5, 5.41) is 3.14. The van der Waals surface area contributed by atoms with E-state index in [1.54, 1.807) is 10.8 Å². The van der Waals surface area contributed by atoms with Gasteiger partial charge in [0.05, 0.1) is 14.2 Å². The van der Waals surface area contributed by atoms with Crippen molar-refractivity contribution in [3.63, 3.8) is 0 Å². The van der Waals surface area contributed by atoms with Crippen LogP contribution >= 0.6 is 21.6 Å². The second-order valence-corrected chi connectivity index (χ2v) is 3.93. The van der Waals surface area contributed by atoms with Gasteiger partial charge in [-0.1, -0.05) is 21.6 Å². The highest BCUT2D eigenvalue weighted by atomic mass is 33.1. The Bertz CT molecular complexity index is 222. The molecule has 0 aromatic carbocycles. The number of rotatable bonds is 5. The molecule has 0 unspecified atom stereocenters. The molecule has 0 radical (unpaired) electrons. The average Bonchev–Trinajstić information content (AvgIpc) is 2.22. The lowest BCUT2D eigenvalue weighted by Gasteiger charge is -1.89. The third-order valence-corrected chi connectivity index (χ3v) is 2.58. The molecule has 0 fully saturated rings. The smallest absolute Gasteiger partial charge is 0.331 e. The third kappa shape index (κ3) is 7.75. The highest BCUT2D eigenvalue weighted by Gasteiger charge is 1.90. The van der Waals surface area contributed by atoms with E-state index in [4.69, 9.17) is 0 Å². The van der Waals surface area contributed by atoms with Gasteiger partial charge < -0.3 is 9.47 Å². The van der Waals surface area contributed by atoms with Gasteiger partial charge in [-0.2, -0.15) is 0 Å². The zero-order valence-corrected chi connectivity index (χ0v) is 9.39. The minimum atomic E-state index is -0.407. The van der Waals surface area contributed by atoms with Crippen molar-refractivity contribution in [2.45, 2.75) is 0 Å². The maximum Gasteiger partial charge on any atom is 0.331 e. The molecular formula is C8H10O4S2. The molecule has 0 saturated heterocycles. The minimum absolute atomic E-state index is 0.407. The quantitative estimate of drug-likeness (QED) is 0.312. The van der Waals surface area contributed by atoms with Gasteiger partial charge in [0.15, 0.2) is 0 Å². The Labute approximate surface area is 90.1 Å². The summed E-state index contributed by atoms with van der Waals surface area (Å²) in [6, 6.07) is 0. The standard InChI is InChI=1S/C8H10O4S2/c1-11-7(9)3-5-13-14-6-4-8(10)12-2/h3-6H,1-2H3. The Balaban J connectivity index is 3.56. The normalized spacial score (nSPS) is 10.7. The lowest BCUT2D eigenvalue weighted by molar-refractivity contribution is -0.135. The van der Waals surface area contributed by atoms with E-state index in [0.717, 1.165) is 0 Å². The first-order valence-corrected chi connectivity index (χ1v) is 5.79. The van der Waals surface area contributed by atoms with E-state index in [0.29, 0.717) is 0 Å². The summed E-state index contributed by atoms with van der Waals surface area (Å²) in [5.74, 6) is -0.815. The summed E-state index contributed by atoms with van der Waals surface area (Å²) in [6.07, 6.45) is 2.59. The number of carbonyl (C=O) groups excluding carboxylic acids is 2. The molecular weight excluding hydrogens is 224 g/mol. The number of carbonyl (C=O) groups is 2. The first-order valence-electron chi connectivity index (χ1n) is 3.52. The van der Waals surface area contributed by atoms with Crippen LogP contribution < -0.4 is 0 Å². The zero-order valence-electron chi connectivity index (χ0n) is 7.76. The van der Waals surface area contributed by atoms with Gasteiger partial charge in [-0.15, -0.1) is 0 Å². The van der Waals surface area contributed by atoms with Crippen molar-refractivity contribution in [1.29, 1.82) is 0 Å². The number of methoxy groups -OCH3 is 2. The van der Waals surface area contributed by atoms with Gasteiger partial charge >= 0.3 is 11.9 Å². The SMILES string of the molecule is COC(=O)C=CSSC=CC(=O)OC. The molecule has 0 atom stereocenters. The molecule has 0 aliphatic rings. The first kappa shape index (κ1) is 13.1. The summed E-state index contributed by atoms with van der Waals surface area (Å²) in [5.41, 5.74) is 0. The molecule has 4 nitrogen and oxygen atoms in total. The average molecular weight is 234 g/mol. The molecule has 14 heavy (non-hydrogen) atoms. The first-order chi connectivity index (χ1) is 6.70. The molecule has 0 rings (SSSR count). The fraction of sp³-hybridized carbons (Fsp3) is 0.250. The molecule has 0 heterocycles. The minimum Gasteiger partial charge on any atom is -0.466 e. The van der Waals surface area contributed by atoms with Crippen LogP contribution in [0.2, 0.25) is 0 Å². The Morgan fingerprint density at radius 2 is 1.29 bits per heavy atom. The Morgan fingerprint density at radius 3 is 1.57 bits per heavy atom. The van der Waals surface area contributed by atoms with Crippen LogP contribution in [-0.4, -0.2) is 26.2 Å². The van der Waals surface area contributed by atoms with Gasteiger partial charge in [0.2, 0.25) is 0 Å². The molecule has 0 amide bonds. The van der Waals surface area contributed by atoms with Crippen LogP contribution in [0.25, 0.3) is 0 Å². The van der Waals surface area contributed by atoms with Crippen LogP contribution in [-0.2, 0) is 19.1 Å². The predicted octanol–water partition coefficient (Wildman–Crippen LogP) is 1.74. The van der Waals surface area contributed by atoms with Crippen LogP contribution in [0.15, 0.2) is 23.0 Å². The van der Waals surface area contributed by atoms with E-state index in [9.17, 15) is 9.59 Å². The molecule has 6 heteroatoms. The lowest BCUT2D eigenvalue weighted by atomic mass is 10.7. The van der Waals surface area contributed by atoms with Gasteiger partial charge in [0.1, 0.15) is 0 Å². The number of hydrogen-bond acceptors (Lipinski definition) is 6. The molecule has 0 saturated carbocycles. The summed E-state index contributed by atoms with van der Waals surface area (Å²) < 4.78 is 8.74. The predicted molar refractivity (Wildman–Crippen MR) is 57.5 cm³/mol. The van der Waals surface area contributed by atoms with Crippen molar-refractivity contribution in [3.05, 3.63) is 23.0 Å². The van der Waals surface area contributed by atoms with Gasteiger partial charge in [-0.25, -0.2) is 9.59 Å². The Morgan fingerprint density at radius 1 is 0.929 bits per heavy atom. The van der Waals surface area contributed by atoms with Crippen molar-refractivity contribution < 1.29 is 19.1 Å². The fourth-order valence-electron chi connectivity index (χ4n) is 0.367. The largest absolute Gasteiger partial charge is 0.466 e. The van der Waals surface area contributed by atoms with E-state index >= 15 is 0 Å². The molecule has 0 aromatic heterocycles. The van der Waals surface area contributed by atoms with Gasteiger partial charge in [0.25, 0.3) is 0 Å². The van der Waals surface area contributed by atoms with Crippen molar-refractivity contribution in [1.82, 2.24) is 0 Å². The number of esters is 2. The second kappa shape index (κ2) is 8.71. The highest BCUT2D eigenvalue weighted by molar-refractivity contribution is 8.78. The van der Waals surface area contributed by atoms with Gasteiger partial charge in [-0.05, 0) is 10.8 Å². The molecule has 0 aliphatic heterocycles. The summed E-state index contributed by atoms with van der Waals surface area (Å²) in [4.78, 5) is 21.2. The molecule has 78 valence electrons. The summed E-state index contributed by atoms with van der Waals surface area (Å²) in [7, 11) is 5.19. The Hall–Kier alpha value is -0.880. The van der Waals surface area contributed by atoms with Crippen LogP contribution in [0.4, 0.5) is 0 Å². The maximum absolute atomic E-state index is 10.6. The number of hydrogen-bond donors (Lipinski definition) is 0. The molecule has 0 N–H and O–H groups in total. The third-order valence-electron chi connectivity index (χ3n) is 0.977. The topological polar surface area (TPSA) is 52.6 Å². The van der Waals surface area contributed by atoms with Crippen molar-refractivity contribution in [2.75, 3.05) is 14.2 Å². The van der Waals surface area contributed by atoms with E-state index in [1.807, 2.05) is 0 Å². The molecule has 0 aromatic rings. The van der Waals surface area contributed by atoms with E-state index < -0.39 is 11.9 Å². The van der Waals surface area contributed by atoms with Crippen LogP contribution in [0.1, 0.15) is 0 Å². The summed E-state index contributed by atoms with van der Waals surface area (Å²) >= 11 is 0. The molecule has 0 aliphatic carbocycles. The van der Waals surface area contributed by atoms with Crippen molar-refractivity contribution >= 4 is 33.5 Å². The highest BCUT2D eigenvalue weighted by Crippen LogP contribution is 2.23. The Kier molecular flexibility index (Phi) is 8.16. The monoisotopic (exact) mass is 234 g/mol. The maximum atomic E-state index is 10.6. The van der Waals surface area contributed by atoms with E-state index in [2.05, 4.69) is 9.47 Å². The zero-order chi connectivity index (χ0) is 10.8.